The van der Waals surface area contributed by atoms with Crippen LogP contribution < -0.4 is 5.32 Å². The van der Waals surface area contributed by atoms with Crippen molar-refractivity contribution >= 4 is 23.2 Å². The molecule has 2 nitrogen and oxygen atoms in total. The first-order chi connectivity index (χ1) is 9.60. The van der Waals surface area contributed by atoms with Gasteiger partial charge in [-0.3, -0.25) is 0 Å². The molecule has 112 valence electrons. The number of methoxy groups -OCH3 is 1. The van der Waals surface area contributed by atoms with E-state index in [1.807, 2.05) is 12.1 Å². The first-order valence-corrected chi connectivity index (χ1v) is 8.01. The van der Waals surface area contributed by atoms with E-state index >= 15 is 0 Å². The smallest absolute Gasteiger partial charge is 0.0587 e. The van der Waals surface area contributed by atoms with Crippen molar-refractivity contribution in [2.24, 2.45) is 5.92 Å². The number of halogens is 2. The zero-order chi connectivity index (χ0) is 14.6. The minimum absolute atomic E-state index is 0.120. The Bertz CT molecular complexity index is 452. The maximum Gasteiger partial charge on any atom is 0.0587 e. The van der Waals surface area contributed by atoms with Gasteiger partial charge in [0.05, 0.1) is 6.61 Å². The van der Waals surface area contributed by atoms with Crippen molar-refractivity contribution in [3.63, 3.8) is 0 Å². The standard InChI is InChI=1S/C16H23Cl2NO/c1-12-4-3-7-16(12,11-19-8-9-20-2)14-6-5-13(17)10-15(14)18/h5-6,10,12,19H,3-4,7-9,11H2,1-2H3. The van der Waals surface area contributed by atoms with Gasteiger partial charge in [-0.05, 0) is 36.5 Å². The summed E-state index contributed by atoms with van der Waals surface area (Å²) in [7, 11) is 1.73. The van der Waals surface area contributed by atoms with Gasteiger partial charge in [0.25, 0.3) is 0 Å². The number of nitrogens with one attached hydrogen (secondary N) is 1. The van der Waals surface area contributed by atoms with Gasteiger partial charge in [-0.1, -0.05) is 42.6 Å². The Morgan fingerprint density at radius 2 is 2.20 bits per heavy atom. The van der Waals surface area contributed by atoms with E-state index in [-0.39, 0.29) is 5.41 Å². The van der Waals surface area contributed by atoms with E-state index in [1.54, 1.807) is 7.11 Å². The van der Waals surface area contributed by atoms with Gasteiger partial charge in [0.2, 0.25) is 0 Å². The molecule has 0 bridgehead atoms. The van der Waals surface area contributed by atoms with Crippen LogP contribution in [0.4, 0.5) is 0 Å². The van der Waals surface area contributed by atoms with Gasteiger partial charge in [-0.2, -0.15) is 0 Å². The van der Waals surface area contributed by atoms with Crippen molar-refractivity contribution in [2.75, 3.05) is 26.8 Å². The third-order valence-electron chi connectivity index (χ3n) is 4.59. The molecule has 0 amide bonds. The van der Waals surface area contributed by atoms with Gasteiger partial charge in [-0.25, -0.2) is 0 Å². The highest BCUT2D eigenvalue weighted by atomic mass is 35.5. The number of rotatable bonds is 6. The van der Waals surface area contributed by atoms with Crippen molar-refractivity contribution in [1.82, 2.24) is 5.32 Å². The molecule has 0 heterocycles. The molecule has 1 fully saturated rings. The molecule has 1 aliphatic rings. The number of hydrogen-bond acceptors (Lipinski definition) is 2. The molecule has 0 aromatic heterocycles. The fourth-order valence-electron chi connectivity index (χ4n) is 3.38. The Morgan fingerprint density at radius 1 is 1.40 bits per heavy atom. The van der Waals surface area contributed by atoms with E-state index in [1.165, 1.54) is 24.8 Å². The third kappa shape index (κ3) is 3.30. The number of ether oxygens (including phenoxy) is 1. The molecule has 4 heteroatoms. The van der Waals surface area contributed by atoms with Crippen LogP contribution >= 0.6 is 23.2 Å². The summed E-state index contributed by atoms with van der Waals surface area (Å²) in [5.41, 5.74) is 1.36. The molecule has 1 aliphatic carbocycles. The number of hydrogen-bond donors (Lipinski definition) is 1. The minimum atomic E-state index is 0.120. The lowest BCUT2D eigenvalue weighted by molar-refractivity contribution is 0.194. The lowest BCUT2D eigenvalue weighted by atomic mass is 9.72. The molecular weight excluding hydrogens is 293 g/mol. The van der Waals surface area contributed by atoms with Crippen LogP contribution in [-0.2, 0) is 10.2 Å². The van der Waals surface area contributed by atoms with Crippen LogP contribution in [0.5, 0.6) is 0 Å². The largest absolute Gasteiger partial charge is 0.383 e. The van der Waals surface area contributed by atoms with Crippen molar-refractivity contribution < 1.29 is 4.74 Å². The average Bonchev–Trinajstić information content (AvgIpc) is 2.77. The molecule has 1 N–H and O–H groups in total. The predicted molar refractivity (Wildman–Crippen MR) is 85.9 cm³/mol. The van der Waals surface area contributed by atoms with E-state index in [2.05, 4.69) is 18.3 Å². The van der Waals surface area contributed by atoms with Gasteiger partial charge in [-0.15, -0.1) is 0 Å². The normalized spacial score (nSPS) is 26.1. The lowest BCUT2D eigenvalue weighted by Gasteiger charge is -2.35. The summed E-state index contributed by atoms with van der Waals surface area (Å²) in [5, 5.41) is 5.02. The maximum atomic E-state index is 6.47. The van der Waals surface area contributed by atoms with E-state index in [0.29, 0.717) is 10.9 Å². The molecule has 0 aliphatic heterocycles. The monoisotopic (exact) mass is 315 g/mol. The zero-order valence-corrected chi connectivity index (χ0v) is 13.7. The van der Waals surface area contributed by atoms with Crippen LogP contribution in [0, 0.1) is 5.92 Å². The highest BCUT2D eigenvalue weighted by Crippen LogP contribution is 2.47. The molecule has 20 heavy (non-hydrogen) atoms. The molecule has 1 saturated carbocycles. The lowest BCUT2D eigenvalue weighted by Crippen LogP contribution is -2.41. The second kappa shape index (κ2) is 7.13. The van der Waals surface area contributed by atoms with Crippen LogP contribution in [0.15, 0.2) is 18.2 Å². The first kappa shape index (κ1) is 16.1. The Balaban J connectivity index is 2.22. The predicted octanol–water partition coefficient (Wildman–Crippen LogP) is 4.29. The highest BCUT2D eigenvalue weighted by molar-refractivity contribution is 6.35. The quantitative estimate of drug-likeness (QED) is 0.791. The minimum Gasteiger partial charge on any atom is -0.383 e. The van der Waals surface area contributed by atoms with E-state index in [9.17, 15) is 0 Å². The molecule has 2 rings (SSSR count). The Hall–Kier alpha value is -0.280. The highest BCUT2D eigenvalue weighted by Gasteiger charge is 2.42. The summed E-state index contributed by atoms with van der Waals surface area (Å²) in [4.78, 5) is 0. The van der Waals surface area contributed by atoms with Crippen molar-refractivity contribution in [2.45, 2.75) is 31.6 Å². The molecule has 0 spiro atoms. The van der Waals surface area contributed by atoms with Crippen molar-refractivity contribution in [3.05, 3.63) is 33.8 Å². The summed E-state index contributed by atoms with van der Waals surface area (Å²) in [5.74, 6) is 0.622. The van der Waals surface area contributed by atoms with Crippen LogP contribution in [0.3, 0.4) is 0 Å². The second-order valence-electron chi connectivity index (χ2n) is 5.74. The fourth-order valence-corrected chi connectivity index (χ4v) is 3.98. The summed E-state index contributed by atoms with van der Waals surface area (Å²) >= 11 is 12.5. The third-order valence-corrected chi connectivity index (χ3v) is 5.14. The SMILES string of the molecule is COCCNCC1(c2ccc(Cl)cc2Cl)CCCC1C. The molecular formula is C16H23Cl2NO. The van der Waals surface area contributed by atoms with Gasteiger partial charge < -0.3 is 10.1 Å². The molecule has 0 radical (unpaired) electrons. The summed E-state index contributed by atoms with van der Waals surface area (Å²) in [6.45, 7) is 4.88. The Labute approximate surface area is 131 Å². The molecule has 2 atom stereocenters. The average molecular weight is 316 g/mol. The Morgan fingerprint density at radius 3 is 2.80 bits per heavy atom. The van der Waals surface area contributed by atoms with Crippen LogP contribution in [0.2, 0.25) is 10.0 Å². The van der Waals surface area contributed by atoms with Crippen LogP contribution in [0.25, 0.3) is 0 Å². The van der Waals surface area contributed by atoms with E-state index in [4.69, 9.17) is 27.9 Å². The van der Waals surface area contributed by atoms with Gasteiger partial charge in [0.1, 0.15) is 0 Å². The summed E-state index contributed by atoms with van der Waals surface area (Å²) in [6.07, 6.45) is 3.69. The molecule has 1 aromatic rings. The molecule has 0 saturated heterocycles. The van der Waals surface area contributed by atoms with E-state index < -0.39 is 0 Å². The fraction of sp³-hybridized carbons (Fsp3) is 0.625. The summed E-state index contributed by atoms with van der Waals surface area (Å²) in [6, 6.07) is 5.91. The van der Waals surface area contributed by atoms with E-state index in [0.717, 1.165) is 24.7 Å². The van der Waals surface area contributed by atoms with Crippen molar-refractivity contribution in [3.8, 4) is 0 Å². The Kier molecular flexibility index (Phi) is 5.74. The topological polar surface area (TPSA) is 21.3 Å². The van der Waals surface area contributed by atoms with Gasteiger partial charge in [0.15, 0.2) is 0 Å². The van der Waals surface area contributed by atoms with Crippen LogP contribution in [-0.4, -0.2) is 26.8 Å². The number of benzene rings is 1. The second-order valence-corrected chi connectivity index (χ2v) is 6.59. The zero-order valence-electron chi connectivity index (χ0n) is 12.2. The van der Waals surface area contributed by atoms with Crippen molar-refractivity contribution in [1.29, 1.82) is 0 Å². The maximum absolute atomic E-state index is 6.47. The molecule has 1 aromatic carbocycles. The van der Waals surface area contributed by atoms with Crippen LogP contribution in [0.1, 0.15) is 31.7 Å². The van der Waals surface area contributed by atoms with Gasteiger partial charge in [0, 0.05) is 35.7 Å². The first-order valence-electron chi connectivity index (χ1n) is 7.25. The summed E-state index contributed by atoms with van der Waals surface area (Å²) < 4.78 is 5.11. The molecule has 2 unspecified atom stereocenters. The van der Waals surface area contributed by atoms with Gasteiger partial charge >= 0.3 is 0 Å².